The Kier molecular flexibility index (Phi) is 2.92. The smallest absolute Gasteiger partial charge is 0.222 e. The number of aldehydes is 1. The second-order valence-corrected chi connectivity index (χ2v) is 2.58. The molecular formula is C9H7N3O2. The number of hydrogen-bond acceptors (Lipinski definition) is 4. The second-order valence-electron chi connectivity index (χ2n) is 2.58. The van der Waals surface area contributed by atoms with Gasteiger partial charge in [0.05, 0.1) is 0 Å². The minimum atomic E-state index is -0.301. The molecule has 1 rings (SSSR count). The van der Waals surface area contributed by atoms with Crippen LogP contribution in [-0.2, 0) is 4.79 Å². The highest BCUT2D eigenvalue weighted by Crippen LogP contribution is 2.08. The van der Waals surface area contributed by atoms with Gasteiger partial charge in [0.2, 0.25) is 5.91 Å². The van der Waals surface area contributed by atoms with Crippen LogP contribution < -0.4 is 5.32 Å². The summed E-state index contributed by atoms with van der Waals surface area (Å²) in [6.45, 7) is 1.32. The van der Waals surface area contributed by atoms with Gasteiger partial charge in [-0.25, -0.2) is 4.98 Å². The second kappa shape index (κ2) is 4.14. The van der Waals surface area contributed by atoms with Crippen molar-refractivity contribution in [3.05, 3.63) is 23.4 Å². The summed E-state index contributed by atoms with van der Waals surface area (Å²) in [5.41, 5.74) is 0.402. The molecule has 0 saturated carbocycles. The summed E-state index contributed by atoms with van der Waals surface area (Å²) in [5.74, 6) is -0.0944. The third-order valence-corrected chi connectivity index (χ3v) is 1.40. The molecule has 0 aliphatic heterocycles. The normalized spacial score (nSPS) is 8.86. The largest absolute Gasteiger partial charge is 0.311 e. The van der Waals surface area contributed by atoms with Gasteiger partial charge < -0.3 is 5.32 Å². The molecule has 1 N–H and O–H groups in total. The van der Waals surface area contributed by atoms with Crippen LogP contribution in [0.15, 0.2) is 12.1 Å². The molecule has 0 atom stereocenters. The minimum absolute atomic E-state index is 0.0957. The molecule has 1 heterocycles. The average molecular weight is 189 g/mol. The number of pyridine rings is 1. The molecule has 14 heavy (non-hydrogen) atoms. The molecule has 1 aromatic heterocycles. The molecule has 0 unspecified atom stereocenters. The van der Waals surface area contributed by atoms with Gasteiger partial charge in [-0.05, 0) is 12.1 Å². The number of aromatic nitrogens is 1. The number of nitriles is 1. The molecule has 0 bridgehead atoms. The molecule has 0 aliphatic rings. The fourth-order valence-corrected chi connectivity index (χ4v) is 0.921. The van der Waals surface area contributed by atoms with Crippen LogP contribution in [0.2, 0.25) is 0 Å². The third-order valence-electron chi connectivity index (χ3n) is 1.40. The maximum Gasteiger partial charge on any atom is 0.222 e. The van der Waals surface area contributed by atoms with Crippen LogP contribution in [0.4, 0.5) is 5.82 Å². The Morgan fingerprint density at radius 2 is 2.36 bits per heavy atom. The van der Waals surface area contributed by atoms with E-state index in [-0.39, 0.29) is 17.4 Å². The molecule has 5 heteroatoms. The highest BCUT2D eigenvalue weighted by atomic mass is 16.1. The van der Waals surface area contributed by atoms with Gasteiger partial charge in [0.15, 0.2) is 0 Å². The Bertz CT molecular complexity index is 421. The van der Waals surface area contributed by atoms with Crippen molar-refractivity contribution in [3.8, 4) is 6.07 Å². The predicted molar refractivity (Wildman–Crippen MR) is 48.6 cm³/mol. The number of anilines is 1. The summed E-state index contributed by atoms with van der Waals surface area (Å²) in [6, 6.07) is 4.54. The van der Waals surface area contributed by atoms with Gasteiger partial charge in [-0.3, -0.25) is 9.59 Å². The van der Waals surface area contributed by atoms with E-state index in [0.29, 0.717) is 11.8 Å². The average Bonchev–Trinajstić information content (AvgIpc) is 2.16. The number of hydrogen-bond donors (Lipinski definition) is 1. The first-order chi connectivity index (χ1) is 6.65. The number of rotatable bonds is 2. The maximum atomic E-state index is 10.7. The Morgan fingerprint density at radius 1 is 1.64 bits per heavy atom. The van der Waals surface area contributed by atoms with Crippen LogP contribution in [0.5, 0.6) is 0 Å². The van der Waals surface area contributed by atoms with Gasteiger partial charge in [-0.1, -0.05) is 0 Å². The fraction of sp³-hybridized carbons (Fsp3) is 0.111. The highest BCUT2D eigenvalue weighted by molar-refractivity contribution is 5.89. The van der Waals surface area contributed by atoms with Crippen LogP contribution in [0, 0.1) is 11.3 Å². The van der Waals surface area contributed by atoms with E-state index in [4.69, 9.17) is 5.26 Å². The van der Waals surface area contributed by atoms with Gasteiger partial charge in [0.1, 0.15) is 23.9 Å². The lowest BCUT2D eigenvalue weighted by Gasteiger charge is -2.01. The number of carbonyl (C=O) groups is 2. The zero-order valence-corrected chi connectivity index (χ0v) is 7.44. The first kappa shape index (κ1) is 9.86. The minimum Gasteiger partial charge on any atom is -0.311 e. The molecular weight excluding hydrogens is 182 g/mol. The molecule has 1 aromatic rings. The van der Waals surface area contributed by atoms with Gasteiger partial charge in [0.25, 0.3) is 0 Å². The Morgan fingerprint density at radius 3 is 2.86 bits per heavy atom. The summed E-state index contributed by atoms with van der Waals surface area (Å²) in [6.07, 6.45) is 0.591. The van der Waals surface area contributed by atoms with E-state index < -0.39 is 0 Å². The van der Waals surface area contributed by atoms with Crippen molar-refractivity contribution in [1.82, 2.24) is 4.98 Å². The molecule has 0 fully saturated rings. The number of carbonyl (C=O) groups excluding carboxylic acids is 2. The highest BCUT2D eigenvalue weighted by Gasteiger charge is 2.02. The zero-order chi connectivity index (χ0) is 10.6. The molecule has 0 aromatic carbocycles. The van der Waals surface area contributed by atoms with E-state index in [1.54, 1.807) is 6.07 Å². The number of amides is 1. The van der Waals surface area contributed by atoms with E-state index in [2.05, 4.69) is 10.3 Å². The molecule has 0 aliphatic carbocycles. The van der Waals surface area contributed by atoms with Gasteiger partial charge in [-0.2, -0.15) is 5.26 Å². The SMILES string of the molecule is CC(=O)Nc1cc(C=O)cc(C#N)n1. The fourth-order valence-electron chi connectivity index (χ4n) is 0.921. The van der Waals surface area contributed by atoms with Gasteiger partial charge in [-0.15, -0.1) is 0 Å². The van der Waals surface area contributed by atoms with Crippen LogP contribution in [0.1, 0.15) is 23.0 Å². The molecule has 5 nitrogen and oxygen atoms in total. The molecule has 1 amide bonds. The molecule has 0 spiro atoms. The quantitative estimate of drug-likeness (QED) is 0.695. The Hall–Kier alpha value is -2.22. The lowest BCUT2D eigenvalue weighted by atomic mass is 10.2. The Balaban J connectivity index is 3.12. The van der Waals surface area contributed by atoms with E-state index in [0.717, 1.165) is 0 Å². The van der Waals surface area contributed by atoms with Crippen LogP contribution in [-0.4, -0.2) is 17.2 Å². The Labute approximate surface area is 80.4 Å². The van der Waals surface area contributed by atoms with Gasteiger partial charge in [0, 0.05) is 12.5 Å². The predicted octanol–water partition coefficient (Wildman–Crippen LogP) is 0.724. The van der Waals surface area contributed by atoms with E-state index in [1.165, 1.54) is 19.1 Å². The summed E-state index contributed by atoms with van der Waals surface area (Å²) >= 11 is 0. The third kappa shape index (κ3) is 2.38. The maximum absolute atomic E-state index is 10.7. The number of nitrogens with zero attached hydrogens (tertiary/aromatic N) is 2. The van der Waals surface area contributed by atoms with Crippen molar-refractivity contribution < 1.29 is 9.59 Å². The van der Waals surface area contributed by atoms with E-state index >= 15 is 0 Å². The van der Waals surface area contributed by atoms with Crippen LogP contribution >= 0.6 is 0 Å². The number of nitrogens with one attached hydrogen (secondary N) is 1. The lowest BCUT2D eigenvalue weighted by molar-refractivity contribution is -0.114. The summed E-state index contributed by atoms with van der Waals surface area (Å²) in [5, 5.41) is 11.0. The van der Waals surface area contributed by atoms with Crippen molar-refractivity contribution in [2.45, 2.75) is 6.92 Å². The first-order valence-electron chi connectivity index (χ1n) is 3.80. The summed E-state index contributed by atoms with van der Waals surface area (Å²) in [4.78, 5) is 24.9. The van der Waals surface area contributed by atoms with Crippen molar-refractivity contribution >= 4 is 18.0 Å². The van der Waals surface area contributed by atoms with Crippen LogP contribution in [0.25, 0.3) is 0 Å². The van der Waals surface area contributed by atoms with E-state index in [1.807, 2.05) is 0 Å². The van der Waals surface area contributed by atoms with Crippen molar-refractivity contribution in [1.29, 1.82) is 5.26 Å². The van der Waals surface area contributed by atoms with Gasteiger partial charge >= 0.3 is 0 Å². The first-order valence-corrected chi connectivity index (χ1v) is 3.80. The zero-order valence-electron chi connectivity index (χ0n) is 7.44. The molecule has 70 valence electrons. The standard InChI is InChI=1S/C9H7N3O2/c1-6(14)11-9-3-7(5-13)2-8(4-10)12-9/h2-3,5H,1H3,(H,11,12,14). The monoisotopic (exact) mass is 189 g/mol. The lowest BCUT2D eigenvalue weighted by Crippen LogP contribution is -2.08. The molecule has 0 saturated heterocycles. The van der Waals surface area contributed by atoms with Crippen LogP contribution in [0.3, 0.4) is 0 Å². The summed E-state index contributed by atoms with van der Waals surface area (Å²) < 4.78 is 0. The summed E-state index contributed by atoms with van der Waals surface area (Å²) in [7, 11) is 0. The van der Waals surface area contributed by atoms with Crippen molar-refractivity contribution in [2.75, 3.05) is 5.32 Å². The van der Waals surface area contributed by atoms with Crippen molar-refractivity contribution in [2.24, 2.45) is 0 Å². The van der Waals surface area contributed by atoms with E-state index in [9.17, 15) is 9.59 Å². The topological polar surface area (TPSA) is 82.9 Å². The van der Waals surface area contributed by atoms with Crippen molar-refractivity contribution in [3.63, 3.8) is 0 Å². The molecule has 0 radical (unpaired) electrons.